The first-order valence-electron chi connectivity index (χ1n) is 14.5. The lowest BCUT2D eigenvalue weighted by atomic mass is 9.87. The fourth-order valence-electron chi connectivity index (χ4n) is 4.90. The average molecular weight is 591 g/mol. The van der Waals surface area contributed by atoms with Gasteiger partial charge in [-0.2, -0.15) is 0 Å². The van der Waals surface area contributed by atoms with Crippen LogP contribution in [0.5, 0.6) is 5.75 Å². The number of hydrogen-bond acceptors (Lipinski definition) is 9. The molecule has 0 aliphatic carbocycles. The van der Waals surface area contributed by atoms with Gasteiger partial charge in [0.1, 0.15) is 29.7 Å². The predicted molar refractivity (Wildman–Crippen MR) is 155 cm³/mol. The number of carbonyl (C=O) groups excluding carboxylic acids is 5. The number of phenols is 1. The predicted octanol–water partition coefficient (Wildman–Crippen LogP) is 1.23. The lowest BCUT2D eigenvalue weighted by Gasteiger charge is -2.35. The van der Waals surface area contributed by atoms with Gasteiger partial charge in [-0.15, -0.1) is 0 Å². The van der Waals surface area contributed by atoms with E-state index in [1.54, 1.807) is 39.8 Å². The minimum absolute atomic E-state index is 0.000452. The Hall–Kier alpha value is -3.51. The van der Waals surface area contributed by atoms with Crippen LogP contribution in [0, 0.1) is 17.8 Å². The molecule has 1 saturated heterocycles. The summed E-state index contributed by atoms with van der Waals surface area (Å²) in [4.78, 5) is 64.4. The maximum atomic E-state index is 13.7. The molecule has 5 N–H and O–H groups in total. The molecule has 42 heavy (non-hydrogen) atoms. The van der Waals surface area contributed by atoms with Crippen molar-refractivity contribution in [3.05, 3.63) is 29.8 Å². The van der Waals surface area contributed by atoms with Crippen molar-refractivity contribution in [1.29, 1.82) is 0 Å². The number of benzene rings is 1. The monoisotopic (exact) mass is 590 g/mol. The Morgan fingerprint density at radius 3 is 2.33 bits per heavy atom. The van der Waals surface area contributed by atoms with Gasteiger partial charge in [0.2, 0.25) is 11.8 Å². The molecular weight excluding hydrogens is 544 g/mol. The van der Waals surface area contributed by atoms with Crippen LogP contribution in [0.2, 0.25) is 0 Å². The molecule has 5 atom stereocenters. The molecule has 0 aromatic heterocycles. The molecule has 2 rings (SSSR count). The quantitative estimate of drug-likeness (QED) is 0.200. The molecule has 1 aliphatic heterocycles. The summed E-state index contributed by atoms with van der Waals surface area (Å²) in [6.45, 7) is 8.73. The number of ether oxygens (including phenoxy) is 1. The summed E-state index contributed by atoms with van der Waals surface area (Å²) in [6, 6.07) is 3.45. The first kappa shape index (κ1) is 34.7. The van der Waals surface area contributed by atoms with Crippen LogP contribution in [0.25, 0.3) is 0 Å². The standard InChI is InChI=1S/C30H46N4O8/c1-17(2)25(32-27(38)22(13-12-19(5)35)26(37)18(3)4)28(39)31-24(16-20-9-7-10-21(36)15-20)29(40)34-14-8-11-23(33-34)30(41)42-6/h7,9-10,15,17-18,22-26,33,36-37H,8,11-14,16H2,1-6H3,(H,31,39)(H,32,38)/t22-,23?,24?,25?,26?/m1/s1. The molecule has 1 aromatic carbocycles. The lowest BCUT2D eigenvalue weighted by Crippen LogP contribution is -2.62. The van der Waals surface area contributed by atoms with Crippen molar-refractivity contribution in [1.82, 2.24) is 21.1 Å². The Bertz CT molecular complexity index is 1110. The van der Waals surface area contributed by atoms with Crippen LogP contribution in [-0.2, 0) is 35.1 Å². The normalized spacial score (nSPS) is 18.1. The summed E-state index contributed by atoms with van der Waals surface area (Å²) in [5.74, 6) is -3.82. The van der Waals surface area contributed by atoms with Crippen LogP contribution in [0.1, 0.15) is 65.9 Å². The Morgan fingerprint density at radius 1 is 1.07 bits per heavy atom. The van der Waals surface area contributed by atoms with Gasteiger partial charge in [-0.1, -0.05) is 39.8 Å². The fraction of sp³-hybridized carbons (Fsp3) is 0.633. The van der Waals surface area contributed by atoms with Crippen molar-refractivity contribution in [3.8, 4) is 5.75 Å². The zero-order valence-corrected chi connectivity index (χ0v) is 25.4. The number of nitrogens with one attached hydrogen (secondary N) is 3. The molecule has 3 amide bonds. The third-order valence-corrected chi connectivity index (χ3v) is 7.39. The van der Waals surface area contributed by atoms with Gasteiger partial charge >= 0.3 is 5.97 Å². The summed E-state index contributed by atoms with van der Waals surface area (Å²) < 4.78 is 4.81. The molecule has 12 nitrogen and oxygen atoms in total. The van der Waals surface area contributed by atoms with E-state index >= 15 is 0 Å². The van der Waals surface area contributed by atoms with Gasteiger partial charge in [-0.3, -0.25) is 24.2 Å². The van der Waals surface area contributed by atoms with E-state index in [1.807, 2.05) is 0 Å². The Morgan fingerprint density at radius 2 is 1.76 bits per heavy atom. The third kappa shape index (κ3) is 10.1. The van der Waals surface area contributed by atoms with Gasteiger partial charge in [0.25, 0.3) is 5.91 Å². The van der Waals surface area contributed by atoms with E-state index in [4.69, 9.17) is 4.74 Å². The van der Waals surface area contributed by atoms with Gasteiger partial charge < -0.3 is 30.4 Å². The first-order valence-corrected chi connectivity index (χ1v) is 14.5. The minimum atomic E-state index is -1.10. The highest BCUT2D eigenvalue weighted by Gasteiger charge is 2.36. The van der Waals surface area contributed by atoms with Crippen LogP contribution >= 0.6 is 0 Å². The maximum absolute atomic E-state index is 13.7. The van der Waals surface area contributed by atoms with Crippen molar-refractivity contribution < 1.29 is 38.9 Å². The van der Waals surface area contributed by atoms with E-state index in [-0.39, 0.29) is 42.6 Å². The van der Waals surface area contributed by atoms with Crippen molar-refractivity contribution in [2.45, 2.75) is 91.0 Å². The molecule has 1 heterocycles. The summed E-state index contributed by atoms with van der Waals surface area (Å²) in [7, 11) is 1.26. The Kier molecular flexibility index (Phi) is 13.4. The molecule has 0 bridgehead atoms. The van der Waals surface area contributed by atoms with Crippen LogP contribution < -0.4 is 16.1 Å². The molecule has 0 radical (unpaired) electrons. The lowest BCUT2D eigenvalue weighted by molar-refractivity contribution is -0.151. The van der Waals surface area contributed by atoms with E-state index in [2.05, 4.69) is 16.1 Å². The zero-order chi connectivity index (χ0) is 31.6. The second-order valence-corrected chi connectivity index (χ2v) is 11.6. The molecule has 4 unspecified atom stereocenters. The molecule has 0 saturated carbocycles. The molecule has 1 fully saturated rings. The van der Waals surface area contributed by atoms with Crippen molar-refractivity contribution >= 4 is 29.5 Å². The number of carbonyl (C=O) groups is 5. The fourth-order valence-corrected chi connectivity index (χ4v) is 4.90. The highest BCUT2D eigenvalue weighted by molar-refractivity contribution is 5.93. The summed E-state index contributed by atoms with van der Waals surface area (Å²) in [6.07, 6.45) is 0.272. The Labute approximate surface area is 247 Å². The second kappa shape index (κ2) is 16.2. The number of Topliss-reactive ketones (excluding diaryl/α,β-unsaturated/α-hetero) is 1. The number of aliphatic hydroxyl groups is 1. The van der Waals surface area contributed by atoms with E-state index in [9.17, 15) is 34.2 Å². The molecule has 1 aliphatic rings. The number of phenolic OH excluding ortho intramolecular Hbond substituents is 1. The van der Waals surface area contributed by atoms with Gasteiger partial charge in [0, 0.05) is 19.4 Å². The largest absolute Gasteiger partial charge is 0.508 e. The van der Waals surface area contributed by atoms with E-state index in [0.29, 0.717) is 24.9 Å². The van der Waals surface area contributed by atoms with Crippen molar-refractivity contribution in [2.24, 2.45) is 17.8 Å². The summed E-state index contributed by atoms with van der Waals surface area (Å²) in [5.41, 5.74) is 3.47. The van der Waals surface area contributed by atoms with Gasteiger partial charge in [-0.25, -0.2) is 5.43 Å². The second-order valence-electron chi connectivity index (χ2n) is 11.6. The molecule has 12 heteroatoms. The smallest absolute Gasteiger partial charge is 0.324 e. The number of nitrogens with zero attached hydrogens (tertiary/aromatic N) is 1. The molecular formula is C30H46N4O8. The van der Waals surface area contributed by atoms with Gasteiger partial charge in [0.15, 0.2) is 0 Å². The third-order valence-electron chi connectivity index (χ3n) is 7.39. The minimum Gasteiger partial charge on any atom is -0.508 e. The summed E-state index contributed by atoms with van der Waals surface area (Å²) in [5, 5.41) is 27.5. The number of amides is 3. The van der Waals surface area contributed by atoms with Crippen LogP contribution in [0.3, 0.4) is 0 Å². The number of esters is 1. The number of hydrazine groups is 1. The SMILES string of the molecule is COC(=O)C1CCCN(C(=O)C(Cc2cccc(O)c2)NC(=O)C(NC(=O)[C@H](CCC(C)=O)C(O)C(C)C)C(C)C)N1. The molecule has 1 aromatic rings. The zero-order valence-electron chi connectivity index (χ0n) is 25.4. The molecule has 0 spiro atoms. The van der Waals surface area contributed by atoms with Crippen molar-refractivity contribution in [3.63, 3.8) is 0 Å². The van der Waals surface area contributed by atoms with Crippen molar-refractivity contribution in [2.75, 3.05) is 13.7 Å². The maximum Gasteiger partial charge on any atom is 0.324 e. The number of rotatable bonds is 14. The number of hydrogen-bond donors (Lipinski definition) is 5. The highest BCUT2D eigenvalue weighted by Crippen LogP contribution is 2.20. The van der Waals surface area contributed by atoms with Gasteiger partial charge in [-0.05, 0) is 55.7 Å². The number of aromatic hydroxyl groups is 1. The number of ketones is 1. The average Bonchev–Trinajstić information content (AvgIpc) is 2.94. The first-order chi connectivity index (χ1) is 19.7. The van der Waals surface area contributed by atoms with Crippen LogP contribution in [0.4, 0.5) is 0 Å². The van der Waals surface area contributed by atoms with Crippen LogP contribution in [0.15, 0.2) is 24.3 Å². The van der Waals surface area contributed by atoms with Crippen LogP contribution in [-0.4, -0.2) is 82.6 Å². The van der Waals surface area contributed by atoms with E-state index < -0.39 is 53.8 Å². The van der Waals surface area contributed by atoms with E-state index in [1.165, 1.54) is 31.2 Å². The number of methoxy groups -OCH3 is 1. The molecule has 234 valence electrons. The Balaban J connectivity index is 2.30. The summed E-state index contributed by atoms with van der Waals surface area (Å²) >= 11 is 0. The number of aliphatic hydroxyl groups excluding tert-OH is 1. The highest BCUT2D eigenvalue weighted by atomic mass is 16.5. The van der Waals surface area contributed by atoms with E-state index in [0.717, 1.165) is 0 Å². The van der Waals surface area contributed by atoms with Gasteiger partial charge in [0.05, 0.1) is 19.1 Å². The topological polar surface area (TPSA) is 174 Å².